The molecular formula is C4H9N4OS-. The fraction of sp³-hybridized carbons (Fsp3) is 0.750. The van der Waals surface area contributed by atoms with Crippen molar-refractivity contribution in [2.24, 2.45) is 10.3 Å². The first kappa shape index (κ1) is 9.38. The first-order valence-electron chi connectivity index (χ1n) is 2.65. The highest BCUT2D eigenvalue weighted by Gasteiger charge is 1.79. The Morgan fingerprint density at radius 2 is 2.60 bits per heavy atom. The Labute approximate surface area is 63.7 Å². The van der Waals surface area contributed by atoms with E-state index in [4.69, 9.17) is 5.53 Å². The molecule has 6 heteroatoms. The van der Waals surface area contributed by atoms with Crippen molar-refractivity contribution in [2.75, 3.05) is 18.6 Å². The minimum Gasteiger partial charge on any atom is -0.419 e. The lowest BCUT2D eigenvalue weighted by Gasteiger charge is -2.00. The second-order valence-electron chi connectivity index (χ2n) is 1.32. The number of nitrogens with one attached hydrogen (secondary N) is 1. The van der Waals surface area contributed by atoms with Gasteiger partial charge >= 0.3 is 0 Å². The van der Waals surface area contributed by atoms with E-state index in [0.717, 1.165) is 18.7 Å². The van der Waals surface area contributed by atoms with Crippen LogP contribution in [0.1, 0.15) is 0 Å². The molecule has 0 amide bonds. The average Bonchev–Trinajstić information content (AvgIpc) is 1.97. The maximum Gasteiger partial charge on any atom is 0.115 e. The zero-order valence-corrected chi connectivity index (χ0v) is 6.47. The number of thioether (sulfide) groups is 1. The molecule has 0 spiro atoms. The lowest BCUT2D eigenvalue weighted by Crippen LogP contribution is -2.16. The summed E-state index contributed by atoms with van der Waals surface area (Å²) in [5, 5.41) is 5.49. The molecule has 0 aromatic heterocycles. The van der Waals surface area contributed by atoms with Gasteiger partial charge in [-0.25, -0.2) is 0 Å². The van der Waals surface area contributed by atoms with E-state index in [1.807, 2.05) is 6.26 Å². The topological polar surface area (TPSA) is 68.3 Å². The van der Waals surface area contributed by atoms with Gasteiger partial charge in [0.05, 0.1) is 0 Å². The normalized spacial score (nSPS) is 10.1. The van der Waals surface area contributed by atoms with E-state index in [0.29, 0.717) is 0 Å². The van der Waals surface area contributed by atoms with Crippen LogP contribution >= 0.6 is 11.8 Å². The molecular weight excluding hydrogens is 152 g/mol. The second kappa shape index (κ2) is 8.38. The Kier molecular flexibility index (Phi) is 7.86. The summed E-state index contributed by atoms with van der Waals surface area (Å²) in [5.74, 6) is 0.962. The molecule has 5 nitrogen and oxygen atoms in total. The summed E-state index contributed by atoms with van der Waals surface area (Å²) in [5.41, 5.74) is 10.4. The molecule has 0 aliphatic rings. The van der Waals surface area contributed by atoms with Gasteiger partial charge in [-0.1, -0.05) is 0 Å². The van der Waals surface area contributed by atoms with E-state index in [9.17, 15) is 0 Å². The summed E-state index contributed by atoms with van der Waals surface area (Å²) in [6, 6.07) is 0. The first-order valence-corrected chi connectivity index (χ1v) is 4.04. The Morgan fingerprint density at radius 3 is 3.20 bits per heavy atom. The molecule has 0 aliphatic heterocycles. The van der Waals surface area contributed by atoms with Crippen LogP contribution in [0.4, 0.5) is 0 Å². The van der Waals surface area contributed by atoms with Crippen molar-refractivity contribution in [2.45, 2.75) is 0 Å². The van der Waals surface area contributed by atoms with Gasteiger partial charge in [0, 0.05) is 12.3 Å². The highest BCUT2D eigenvalue weighted by atomic mass is 32.2. The third-order valence-electron chi connectivity index (χ3n) is 0.643. The fourth-order valence-corrected chi connectivity index (χ4v) is 0.572. The molecule has 0 atom stereocenters. The quantitative estimate of drug-likeness (QED) is 0.206. The van der Waals surface area contributed by atoms with E-state index < -0.39 is 0 Å². The largest absolute Gasteiger partial charge is 0.419 e. The minimum atomic E-state index is 0.735. The molecule has 0 aromatic rings. The Hall–Kier alpha value is -0.620. The van der Waals surface area contributed by atoms with Crippen molar-refractivity contribution in [3.05, 3.63) is 5.53 Å². The Balaban J connectivity index is 2.90. The van der Waals surface area contributed by atoms with Gasteiger partial charge in [-0.2, -0.15) is 17.2 Å². The molecule has 0 saturated carbocycles. The molecule has 0 fully saturated rings. The second-order valence-corrected chi connectivity index (χ2v) is 2.30. The summed E-state index contributed by atoms with van der Waals surface area (Å²) < 4.78 is 0. The van der Waals surface area contributed by atoms with Gasteiger partial charge in [0.1, 0.15) is 6.40 Å². The molecule has 0 bridgehead atoms. The smallest absolute Gasteiger partial charge is 0.115 e. The molecule has 0 radical (unpaired) electrons. The maximum atomic E-state index is 7.78. The molecule has 10 heavy (non-hydrogen) atoms. The third kappa shape index (κ3) is 7.38. The SMILES string of the molecule is CSCCNO/C=N\N=[N-]. The Bertz CT molecular complexity index is 107. The van der Waals surface area contributed by atoms with Gasteiger partial charge in [0.15, 0.2) is 0 Å². The van der Waals surface area contributed by atoms with E-state index in [1.54, 1.807) is 11.8 Å². The fourth-order valence-electron chi connectivity index (χ4n) is 0.285. The Morgan fingerprint density at radius 1 is 1.80 bits per heavy atom. The lowest BCUT2D eigenvalue weighted by molar-refractivity contribution is 0.200. The highest BCUT2D eigenvalue weighted by Crippen LogP contribution is 1.86. The van der Waals surface area contributed by atoms with Crippen LogP contribution in [-0.2, 0) is 4.84 Å². The maximum absolute atomic E-state index is 7.78. The van der Waals surface area contributed by atoms with Crippen molar-refractivity contribution in [3.63, 3.8) is 0 Å². The third-order valence-corrected chi connectivity index (χ3v) is 1.26. The minimum absolute atomic E-state index is 0.735. The van der Waals surface area contributed by atoms with Crippen LogP contribution < -0.4 is 5.48 Å². The van der Waals surface area contributed by atoms with E-state index >= 15 is 0 Å². The van der Waals surface area contributed by atoms with E-state index in [-0.39, 0.29) is 0 Å². The number of rotatable bonds is 6. The molecule has 1 N–H and O–H groups in total. The summed E-state index contributed by atoms with van der Waals surface area (Å²) in [6.45, 7) is 0.735. The predicted octanol–water partition coefficient (Wildman–Crippen LogP) is 0.836. The molecule has 0 unspecified atom stereocenters. The average molecular weight is 161 g/mol. The van der Waals surface area contributed by atoms with Gasteiger partial charge in [-0.3, -0.25) is 5.22 Å². The van der Waals surface area contributed by atoms with Crippen LogP contribution in [-0.4, -0.2) is 25.0 Å². The number of nitrogens with zero attached hydrogens (tertiary/aromatic N) is 3. The standard InChI is InChI=1S/C4H9N4OS/c1-10-3-2-7-9-4-6-8-5/h4,7H,2-3H2,1H3/q-1/b6-4-. The van der Waals surface area contributed by atoms with Crippen LogP contribution in [0.2, 0.25) is 0 Å². The summed E-state index contributed by atoms with van der Waals surface area (Å²) in [6.07, 6.45) is 3.01. The van der Waals surface area contributed by atoms with E-state index in [1.165, 1.54) is 0 Å². The highest BCUT2D eigenvalue weighted by molar-refractivity contribution is 7.98. The molecule has 0 heterocycles. The molecule has 0 aliphatic carbocycles. The molecule has 0 rings (SSSR count). The van der Waals surface area contributed by atoms with Gasteiger partial charge < -0.3 is 15.5 Å². The summed E-state index contributed by atoms with van der Waals surface area (Å²) in [7, 11) is 0. The number of hydrogen-bond donors (Lipinski definition) is 1. The summed E-state index contributed by atoms with van der Waals surface area (Å²) in [4.78, 5) is 4.57. The van der Waals surface area contributed by atoms with Crippen LogP contribution in [0.15, 0.2) is 10.3 Å². The number of hydrogen-bond acceptors (Lipinski definition) is 4. The van der Waals surface area contributed by atoms with Crippen LogP contribution in [0.25, 0.3) is 5.53 Å². The van der Waals surface area contributed by atoms with Crippen molar-refractivity contribution in [1.82, 2.24) is 5.48 Å². The zero-order valence-electron chi connectivity index (χ0n) is 5.65. The van der Waals surface area contributed by atoms with Crippen molar-refractivity contribution >= 4 is 18.2 Å². The van der Waals surface area contributed by atoms with Crippen molar-refractivity contribution in [3.8, 4) is 0 Å². The monoisotopic (exact) mass is 161 g/mol. The molecule has 0 aromatic carbocycles. The van der Waals surface area contributed by atoms with Gasteiger partial charge in [-0.15, -0.1) is 0 Å². The van der Waals surface area contributed by atoms with Crippen molar-refractivity contribution < 1.29 is 4.84 Å². The molecule has 58 valence electrons. The molecule has 0 saturated heterocycles. The van der Waals surface area contributed by atoms with Gasteiger partial charge in [0.2, 0.25) is 0 Å². The van der Waals surface area contributed by atoms with Crippen LogP contribution in [0.5, 0.6) is 0 Å². The first-order chi connectivity index (χ1) is 4.91. The lowest BCUT2D eigenvalue weighted by atomic mass is 10.8. The summed E-state index contributed by atoms with van der Waals surface area (Å²) >= 11 is 1.71. The van der Waals surface area contributed by atoms with Crippen LogP contribution in [0.3, 0.4) is 0 Å². The number of hydroxylamine groups is 1. The van der Waals surface area contributed by atoms with Crippen LogP contribution in [0, 0.1) is 0 Å². The van der Waals surface area contributed by atoms with Crippen molar-refractivity contribution in [1.29, 1.82) is 0 Å². The predicted molar refractivity (Wildman–Crippen MR) is 41.7 cm³/mol. The van der Waals surface area contributed by atoms with Gasteiger partial charge in [0.25, 0.3) is 0 Å². The van der Waals surface area contributed by atoms with Gasteiger partial charge in [-0.05, 0) is 6.26 Å². The zero-order chi connectivity index (χ0) is 7.66. The van der Waals surface area contributed by atoms with E-state index in [2.05, 4.69) is 20.6 Å².